The number of aromatic nitrogens is 3. The number of hydrogen-bond acceptors (Lipinski definition) is 3. The van der Waals surface area contributed by atoms with E-state index in [4.69, 9.17) is 29.2 Å². The molecule has 0 saturated heterocycles. The highest BCUT2D eigenvalue weighted by Gasteiger charge is 2.14. The van der Waals surface area contributed by atoms with Crippen LogP contribution in [0.15, 0.2) is 24.3 Å². The van der Waals surface area contributed by atoms with E-state index in [1.807, 2.05) is 28.8 Å². The maximum Gasteiger partial charge on any atom is 0.201 e. The third-order valence-corrected chi connectivity index (χ3v) is 4.22. The summed E-state index contributed by atoms with van der Waals surface area (Å²) in [5.41, 5.74) is 0.991. The van der Waals surface area contributed by atoms with Crippen molar-refractivity contribution >= 4 is 24.4 Å². The van der Waals surface area contributed by atoms with Crippen LogP contribution < -0.4 is 4.74 Å². The van der Waals surface area contributed by atoms with Crippen molar-refractivity contribution in [3.63, 3.8) is 0 Å². The highest BCUT2D eigenvalue weighted by atomic mass is 32.1. The Labute approximate surface area is 121 Å². The minimum Gasteiger partial charge on any atom is -0.497 e. The Kier molecular flexibility index (Phi) is 3.28. The summed E-state index contributed by atoms with van der Waals surface area (Å²) in [6.07, 6.45) is 2.32. The van der Waals surface area contributed by atoms with Gasteiger partial charge >= 0.3 is 0 Å². The van der Waals surface area contributed by atoms with Crippen molar-refractivity contribution in [1.82, 2.24) is 13.9 Å². The van der Waals surface area contributed by atoms with E-state index in [1.54, 1.807) is 7.11 Å². The first-order valence-electron chi connectivity index (χ1n) is 6.29. The molecule has 0 radical (unpaired) electrons. The molecule has 3 rings (SSSR count). The van der Waals surface area contributed by atoms with Crippen molar-refractivity contribution in [2.45, 2.75) is 25.9 Å². The summed E-state index contributed by atoms with van der Waals surface area (Å²) in [6.45, 7) is 1.90. The molecule has 0 bridgehead atoms. The van der Waals surface area contributed by atoms with E-state index in [-0.39, 0.29) is 0 Å². The van der Waals surface area contributed by atoms with E-state index >= 15 is 0 Å². The molecule has 4 nitrogen and oxygen atoms in total. The van der Waals surface area contributed by atoms with E-state index in [9.17, 15) is 0 Å². The zero-order chi connectivity index (χ0) is 13.4. The Morgan fingerprint density at radius 3 is 1.95 bits per heavy atom. The molecule has 1 aliphatic heterocycles. The summed E-state index contributed by atoms with van der Waals surface area (Å²) in [4.78, 5) is 0. The Morgan fingerprint density at radius 2 is 1.47 bits per heavy atom. The average molecular weight is 293 g/mol. The van der Waals surface area contributed by atoms with Gasteiger partial charge in [-0.25, -0.2) is 0 Å². The van der Waals surface area contributed by atoms with Crippen LogP contribution in [0.4, 0.5) is 0 Å². The normalized spacial score (nSPS) is 14.2. The van der Waals surface area contributed by atoms with E-state index in [0.29, 0.717) is 0 Å². The predicted molar refractivity (Wildman–Crippen MR) is 79.2 cm³/mol. The molecule has 0 fully saturated rings. The Bertz CT molecular complexity index is 671. The van der Waals surface area contributed by atoms with Crippen LogP contribution in [0.3, 0.4) is 0 Å². The first kappa shape index (κ1) is 12.6. The van der Waals surface area contributed by atoms with Gasteiger partial charge < -0.3 is 4.74 Å². The van der Waals surface area contributed by atoms with Crippen molar-refractivity contribution in [3.8, 4) is 11.4 Å². The fourth-order valence-electron chi connectivity index (χ4n) is 2.43. The summed E-state index contributed by atoms with van der Waals surface area (Å²) in [7, 11) is 1.66. The lowest BCUT2D eigenvalue weighted by Crippen LogP contribution is -2.18. The smallest absolute Gasteiger partial charge is 0.201 e. The average Bonchev–Trinajstić information content (AvgIpc) is 2.72. The highest BCUT2D eigenvalue weighted by Crippen LogP contribution is 2.19. The van der Waals surface area contributed by atoms with Gasteiger partial charge in [0.1, 0.15) is 5.75 Å². The van der Waals surface area contributed by atoms with Crippen molar-refractivity contribution in [1.29, 1.82) is 0 Å². The van der Waals surface area contributed by atoms with Crippen LogP contribution in [0, 0.1) is 9.54 Å². The second-order valence-corrected chi connectivity index (χ2v) is 5.28. The predicted octanol–water partition coefficient (Wildman–Crippen LogP) is 3.34. The largest absolute Gasteiger partial charge is 0.497 e. The molecule has 2 heterocycles. The zero-order valence-electron chi connectivity index (χ0n) is 10.7. The standard InChI is InChI=1S/C13H15N3OS2/c1-17-11-6-4-10(5-7-11)16-12(18)14-8-2-3-9-15(14)13(16)19/h4-7H,2-3,8-9H2,1H3. The minimum atomic E-state index is 0.773. The number of rotatable bonds is 2. The maximum absolute atomic E-state index is 5.55. The molecule has 0 unspecified atom stereocenters. The number of benzene rings is 1. The molecule has 19 heavy (non-hydrogen) atoms. The monoisotopic (exact) mass is 293 g/mol. The van der Waals surface area contributed by atoms with Gasteiger partial charge in [0.15, 0.2) is 0 Å². The summed E-state index contributed by atoms with van der Waals surface area (Å²) < 4.78 is 12.9. The van der Waals surface area contributed by atoms with Gasteiger partial charge in [-0.05, 0) is 61.5 Å². The SMILES string of the molecule is COc1ccc(-n2c(=S)n3n(c2=S)CCCC3)cc1. The molecule has 0 aliphatic carbocycles. The molecule has 0 N–H and O–H groups in total. The van der Waals surface area contributed by atoms with Crippen LogP contribution in [0.1, 0.15) is 12.8 Å². The van der Waals surface area contributed by atoms with Crippen molar-refractivity contribution in [2.24, 2.45) is 0 Å². The lowest BCUT2D eigenvalue weighted by atomic mass is 10.3. The topological polar surface area (TPSA) is 24.0 Å². The lowest BCUT2D eigenvalue weighted by molar-refractivity contribution is 0.357. The maximum atomic E-state index is 5.55. The van der Waals surface area contributed by atoms with Crippen molar-refractivity contribution < 1.29 is 4.74 Å². The molecule has 0 amide bonds. The Hall–Kier alpha value is -1.40. The molecule has 0 atom stereocenters. The first-order valence-corrected chi connectivity index (χ1v) is 7.11. The molecular formula is C13H15N3OS2. The summed E-state index contributed by atoms with van der Waals surface area (Å²) in [6, 6.07) is 7.81. The summed E-state index contributed by atoms with van der Waals surface area (Å²) in [5.74, 6) is 0.831. The van der Waals surface area contributed by atoms with E-state index in [1.165, 1.54) is 0 Å². The third kappa shape index (κ3) is 2.04. The molecule has 6 heteroatoms. The van der Waals surface area contributed by atoms with Crippen LogP contribution in [-0.2, 0) is 13.1 Å². The Morgan fingerprint density at radius 1 is 0.947 bits per heavy atom. The number of methoxy groups -OCH3 is 1. The third-order valence-electron chi connectivity index (χ3n) is 3.44. The molecule has 1 aromatic carbocycles. The van der Waals surface area contributed by atoms with Gasteiger partial charge in [0.25, 0.3) is 0 Å². The molecule has 1 aliphatic rings. The van der Waals surface area contributed by atoms with Crippen LogP contribution in [0.2, 0.25) is 0 Å². The first-order chi connectivity index (χ1) is 9.22. The van der Waals surface area contributed by atoms with Gasteiger partial charge in [-0.2, -0.15) is 0 Å². The highest BCUT2D eigenvalue weighted by molar-refractivity contribution is 7.72. The quantitative estimate of drug-likeness (QED) is 0.794. The van der Waals surface area contributed by atoms with Gasteiger partial charge in [-0.3, -0.25) is 13.9 Å². The number of hydrogen-bond donors (Lipinski definition) is 0. The van der Waals surface area contributed by atoms with Gasteiger partial charge in [-0.15, -0.1) is 0 Å². The fourth-order valence-corrected chi connectivity index (χ4v) is 3.25. The number of ether oxygens (including phenoxy) is 1. The van der Waals surface area contributed by atoms with Crippen LogP contribution >= 0.6 is 24.4 Å². The van der Waals surface area contributed by atoms with Crippen LogP contribution in [0.25, 0.3) is 5.69 Å². The van der Waals surface area contributed by atoms with E-state index < -0.39 is 0 Å². The summed E-state index contributed by atoms with van der Waals surface area (Å²) >= 11 is 11.1. The van der Waals surface area contributed by atoms with Crippen LogP contribution in [0.5, 0.6) is 5.75 Å². The van der Waals surface area contributed by atoms with E-state index in [0.717, 1.165) is 46.9 Å². The van der Waals surface area contributed by atoms with E-state index in [2.05, 4.69) is 9.36 Å². The Balaban J connectivity index is 2.17. The zero-order valence-corrected chi connectivity index (χ0v) is 12.3. The van der Waals surface area contributed by atoms with Gasteiger partial charge in [0.05, 0.1) is 12.8 Å². The fraction of sp³-hybridized carbons (Fsp3) is 0.385. The van der Waals surface area contributed by atoms with Gasteiger partial charge in [0.2, 0.25) is 9.54 Å². The lowest BCUT2D eigenvalue weighted by Gasteiger charge is -2.15. The molecular weight excluding hydrogens is 278 g/mol. The molecule has 0 spiro atoms. The second kappa shape index (κ2) is 4.94. The minimum absolute atomic E-state index is 0.773. The molecule has 2 aromatic rings. The molecule has 0 saturated carbocycles. The van der Waals surface area contributed by atoms with Crippen molar-refractivity contribution in [2.75, 3.05) is 7.11 Å². The van der Waals surface area contributed by atoms with Gasteiger partial charge in [-0.1, -0.05) is 0 Å². The number of nitrogens with zero attached hydrogens (tertiary/aromatic N) is 3. The summed E-state index contributed by atoms with van der Waals surface area (Å²) in [5, 5.41) is 0. The molecule has 1 aromatic heterocycles. The van der Waals surface area contributed by atoms with Crippen molar-refractivity contribution in [3.05, 3.63) is 33.8 Å². The number of fused-ring (bicyclic) bond motifs is 1. The second-order valence-electron chi connectivity index (χ2n) is 4.55. The molecule has 100 valence electrons. The van der Waals surface area contributed by atoms with Crippen LogP contribution in [-0.4, -0.2) is 21.0 Å². The van der Waals surface area contributed by atoms with Gasteiger partial charge in [0, 0.05) is 13.1 Å².